The molecule has 1 aromatic carbocycles. The number of hydrogen-bond acceptors (Lipinski definition) is 6. The van der Waals surface area contributed by atoms with E-state index in [4.69, 9.17) is 4.74 Å². The smallest absolute Gasteiger partial charge is 0.282 e. The van der Waals surface area contributed by atoms with Crippen LogP contribution < -0.4 is 15.0 Å². The van der Waals surface area contributed by atoms with Crippen molar-refractivity contribution in [3.8, 4) is 5.75 Å². The van der Waals surface area contributed by atoms with Crippen molar-refractivity contribution in [3.63, 3.8) is 0 Å². The van der Waals surface area contributed by atoms with E-state index >= 15 is 0 Å². The number of nitrogens with zero attached hydrogens (tertiary/aromatic N) is 1. The van der Waals surface area contributed by atoms with Gasteiger partial charge in [0.25, 0.3) is 21.2 Å². The zero-order chi connectivity index (χ0) is 16.9. The summed E-state index contributed by atoms with van der Waals surface area (Å²) in [6.45, 7) is 2.60. The first-order valence-corrected chi connectivity index (χ1v) is 9.34. The molecular formula is C13H17N3O5S2. The number of hydrogen-bond donors (Lipinski definition) is 2. The fraction of sp³-hybridized carbons (Fsp3) is 0.385. The molecule has 0 spiro atoms. The van der Waals surface area contributed by atoms with Gasteiger partial charge in [-0.05, 0) is 31.2 Å². The number of sulfonamides is 1. The minimum absolute atomic E-state index is 0.00550. The number of thioether (sulfide) groups is 1. The first-order chi connectivity index (χ1) is 10.9. The predicted octanol–water partition coefficient (Wildman–Crippen LogP) is 0.564. The Hall–Kier alpha value is -1.78. The molecule has 0 radical (unpaired) electrons. The van der Waals surface area contributed by atoms with Gasteiger partial charge in [0, 0.05) is 12.3 Å². The van der Waals surface area contributed by atoms with E-state index in [9.17, 15) is 18.0 Å². The predicted molar refractivity (Wildman–Crippen MR) is 85.5 cm³/mol. The van der Waals surface area contributed by atoms with E-state index in [1.807, 2.05) is 11.8 Å². The molecule has 1 saturated heterocycles. The van der Waals surface area contributed by atoms with Gasteiger partial charge in [-0.3, -0.25) is 15.0 Å². The van der Waals surface area contributed by atoms with Crippen molar-refractivity contribution >= 4 is 32.9 Å². The molecule has 0 aromatic heterocycles. The molecule has 126 valence electrons. The molecule has 0 bridgehead atoms. The van der Waals surface area contributed by atoms with E-state index < -0.39 is 15.9 Å². The Morgan fingerprint density at radius 1 is 1.35 bits per heavy atom. The molecule has 10 heteroatoms. The van der Waals surface area contributed by atoms with E-state index in [0.717, 1.165) is 11.8 Å². The molecule has 1 aromatic rings. The van der Waals surface area contributed by atoms with Gasteiger partial charge in [0.15, 0.2) is 0 Å². The number of hydrazine groups is 1. The average Bonchev–Trinajstić information content (AvgIpc) is 2.91. The van der Waals surface area contributed by atoms with Crippen LogP contribution in [0.15, 0.2) is 29.2 Å². The maximum absolute atomic E-state index is 12.1. The summed E-state index contributed by atoms with van der Waals surface area (Å²) in [6.07, 6.45) is 0. The van der Waals surface area contributed by atoms with Crippen LogP contribution in [0, 0.1) is 0 Å². The van der Waals surface area contributed by atoms with Gasteiger partial charge in [-0.25, -0.2) is 8.42 Å². The summed E-state index contributed by atoms with van der Waals surface area (Å²) in [4.78, 5) is 26.4. The first-order valence-electron chi connectivity index (χ1n) is 6.87. The van der Waals surface area contributed by atoms with Crippen molar-refractivity contribution in [2.45, 2.75) is 11.8 Å². The topological polar surface area (TPSA) is 105 Å². The van der Waals surface area contributed by atoms with E-state index in [1.54, 1.807) is 0 Å². The third-order valence-corrected chi connectivity index (χ3v) is 5.10. The van der Waals surface area contributed by atoms with Crippen molar-refractivity contribution in [2.24, 2.45) is 0 Å². The highest BCUT2D eigenvalue weighted by atomic mass is 32.2. The highest BCUT2D eigenvalue weighted by Gasteiger charge is 2.24. The molecule has 1 aliphatic heterocycles. The second kappa shape index (κ2) is 7.66. The Morgan fingerprint density at radius 2 is 2.04 bits per heavy atom. The number of nitrogens with one attached hydrogen (secondary N) is 2. The highest BCUT2D eigenvalue weighted by Crippen LogP contribution is 2.17. The molecule has 0 unspecified atom stereocenters. The number of amides is 2. The SMILES string of the molecule is CCOc1ccc(S(=O)(=O)NNC(=O)CN2CCSC2=O)cc1. The van der Waals surface area contributed by atoms with Gasteiger partial charge in [-0.2, -0.15) is 0 Å². The summed E-state index contributed by atoms with van der Waals surface area (Å²) >= 11 is 1.13. The van der Waals surface area contributed by atoms with Crippen molar-refractivity contribution in [3.05, 3.63) is 24.3 Å². The number of rotatable bonds is 7. The summed E-state index contributed by atoms with van der Waals surface area (Å²) in [5.74, 6) is 0.584. The van der Waals surface area contributed by atoms with Crippen LogP contribution in [0.1, 0.15) is 6.92 Å². The number of carbonyl (C=O) groups is 2. The van der Waals surface area contributed by atoms with E-state index in [2.05, 4.69) is 5.43 Å². The van der Waals surface area contributed by atoms with Crippen molar-refractivity contribution in [2.75, 3.05) is 25.4 Å². The zero-order valence-electron chi connectivity index (χ0n) is 12.4. The molecule has 23 heavy (non-hydrogen) atoms. The second-order valence-electron chi connectivity index (χ2n) is 4.59. The minimum Gasteiger partial charge on any atom is -0.494 e. The third kappa shape index (κ3) is 4.85. The molecule has 0 saturated carbocycles. The molecule has 0 aliphatic carbocycles. The van der Waals surface area contributed by atoms with Gasteiger partial charge in [0.1, 0.15) is 12.3 Å². The summed E-state index contributed by atoms with van der Waals surface area (Å²) in [5.41, 5.74) is 2.10. The van der Waals surface area contributed by atoms with Crippen molar-refractivity contribution in [1.29, 1.82) is 0 Å². The Balaban J connectivity index is 1.90. The molecule has 2 N–H and O–H groups in total. The Labute approximate surface area is 138 Å². The first kappa shape index (κ1) is 17.6. The fourth-order valence-electron chi connectivity index (χ4n) is 1.85. The number of carbonyl (C=O) groups excluding carboxylic acids is 2. The lowest BCUT2D eigenvalue weighted by Crippen LogP contribution is -2.46. The molecule has 1 heterocycles. The minimum atomic E-state index is -3.88. The average molecular weight is 359 g/mol. The summed E-state index contributed by atoms with van der Waals surface area (Å²) in [6, 6.07) is 5.81. The van der Waals surface area contributed by atoms with Gasteiger partial charge in [0.05, 0.1) is 11.5 Å². The monoisotopic (exact) mass is 359 g/mol. The van der Waals surface area contributed by atoms with Gasteiger partial charge in [-0.15, -0.1) is 4.83 Å². The summed E-state index contributed by atoms with van der Waals surface area (Å²) in [5, 5.41) is -0.186. The van der Waals surface area contributed by atoms with E-state index in [0.29, 0.717) is 24.7 Å². The van der Waals surface area contributed by atoms with Crippen LogP contribution in [0.25, 0.3) is 0 Å². The Morgan fingerprint density at radius 3 is 2.61 bits per heavy atom. The molecule has 0 atom stereocenters. The van der Waals surface area contributed by atoms with Gasteiger partial charge >= 0.3 is 0 Å². The van der Waals surface area contributed by atoms with Crippen LogP contribution >= 0.6 is 11.8 Å². The maximum atomic E-state index is 12.1. The Bertz CT molecular complexity index is 675. The number of ether oxygens (including phenoxy) is 1. The standard InChI is InChI=1S/C13H17N3O5S2/c1-2-21-10-3-5-11(6-4-10)23(19,20)15-14-12(17)9-16-7-8-22-13(16)18/h3-6,15H,2,7-9H2,1H3,(H,14,17). The highest BCUT2D eigenvalue weighted by molar-refractivity contribution is 8.13. The number of benzene rings is 1. The molecule has 8 nitrogen and oxygen atoms in total. The molecule has 1 aliphatic rings. The lowest BCUT2D eigenvalue weighted by atomic mass is 10.3. The van der Waals surface area contributed by atoms with Gasteiger partial charge < -0.3 is 9.64 Å². The molecule has 1 fully saturated rings. The summed E-state index contributed by atoms with van der Waals surface area (Å²) < 4.78 is 29.3. The zero-order valence-corrected chi connectivity index (χ0v) is 14.1. The lowest BCUT2D eigenvalue weighted by molar-refractivity contribution is -0.122. The maximum Gasteiger partial charge on any atom is 0.282 e. The molecule has 2 amide bonds. The molecular weight excluding hydrogens is 342 g/mol. The largest absolute Gasteiger partial charge is 0.494 e. The van der Waals surface area contributed by atoms with Crippen LogP contribution in [0.3, 0.4) is 0 Å². The fourth-order valence-corrected chi connectivity index (χ4v) is 3.53. The molecule has 2 rings (SSSR count). The summed E-state index contributed by atoms with van der Waals surface area (Å²) in [7, 11) is -3.88. The van der Waals surface area contributed by atoms with Crippen LogP contribution in [0.5, 0.6) is 5.75 Å². The van der Waals surface area contributed by atoms with Crippen molar-refractivity contribution in [1.82, 2.24) is 15.2 Å². The van der Waals surface area contributed by atoms with E-state index in [1.165, 1.54) is 29.2 Å². The van der Waals surface area contributed by atoms with Crippen LogP contribution in [0.2, 0.25) is 0 Å². The second-order valence-corrected chi connectivity index (χ2v) is 7.32. The van der Waals surface area contributed by atoms with E-state index in [-0.39, 0.29) is 16.7 Å². The van der Waals surface area contributed by atoms with Gasteiger partial charge in [0.2, 0.25) is 0 Å². The lowest BCUT2D eigenvalue weighted by Gasteiger charge is -2.14. The van der Waals surface area contributed by atoms with Crippen molar-refractivity contribution < 1.29 is 22.7 Å². The Kier molecular flexibility index (Phi) is 5.85. The van der Waals surface area contributed by atoms with Crippen LogP contribution in [0.4, 0.5) is 4.79 Å². The van der Waals surface area contributed by atoms with Gasteiger partial charge in [-0.1, -0.05) is 11.8 Å². The quantitative estimate of drug-likeness (QED) is 0.690. The normalized spacial score (nSPS) is 14.8. The van der Waals surface area contributed by atoms with Crippen LogP contribution in [-0.2, 0) is 14.8 Å². The third-order valence-electron chi connectivity index (χ3n) is 2.95. The van der Waals surface area contributed by atoms with Crippen LogP contribution in [-0.4, -0.2) is 49.9 Å².